The zero-order chi connectivity index (χ0) is 8.11. The summed E-state index contributed by atoms with van der Waals surface area (Å²) in [5.74, 6) is 0. The third kappa shape index (κ3) is 0.991. The first kappa shape index (κ1) is 7.53. The van der Waals surface area contributed by atoms with Crippen molar-refractivity contribution in [2.24, 2.45) is 5.73 Å². The summed E-state index contributed by atoms with van der Waals surface area (Å²) in [4.78, 5) is 2.34. The van der Waals surface area contributed by atoms with E-state index in [0.717, 1.165) is 26.2 Å². The topological polar surface area (TPSA) is 38.5 Å². The predicted octanol–water partition coefficient (Wildman–Crippen LogP) is -0.192. The number of ether oxygens (including phenoxy) is 1. The lowest BCUT2D eigenvalue weighted by Crippen LogP contribution is -2.57. The smallest absolute Gasteiger partial charge is 0.0694 e. The number of rotatable bonds is 0. The zero-order valence-corrected chi connectivity index (χ0v) is 7.26. The highest BCUT2D eigenvalue weighted by Crippen LogP contribution is 2.38. The second kappa shape index (κ2) is 1.97. The molecule has 1 spiro atoms. The van der Waals surface area contributed by atoms with Gasteiger partial charge in [0.25, 0.3) is 0 Å². The fraction of sp³-hybridized carbons (Fsp3) is 1.00. The Morgan fingerprint density at radius 3 is 2.27 bits per heavy atom. The minimum Gasteiger partial charge on any atom is -0.377 e. The van der Waals surface area contributed by atoms with Crippen LogP contribution < -0.4 is 5.73 Å². The molecule has 3 heteroatoms. The molecule has 2 fully saturated rings. The second-order valence-corrected chi connectivity index (χ2v) is 4.40. The average Bonchev–Trinajstić information content (AvgIpc) is 1.99. The molecule has 0 aromatic heterocycles. The van der Waals surface area contributed by atoms with Crippen molar-refractivity contribution in [2.45, 2.75) is 24.4 Å². The van der Waals surface area contributed by atoms with Gasteiger partial charge in [0.05, 0.1) is 18.8 Å². The first-order valence-electron chi connectivity index (χ1n) is 4.12. The minimum atomic E-state index is -0.00146. The van der Waals surface area contributed by atoms with E-state index >= 15 is 0 Å². The van der Waals surface area contributed by atoms with Gasteiger partial charge in [-0.15, -0.1) is 0 Å². The van der Waals surface area contributed by atoms with Crippen LogP contribution in [0.15, 0.2) is 0 Å². The van der Waals surface area contributed by atoms with Crippen LogP contribution in [-0.2, 0) is 4.74 Å². The molecule has 0 aliphatic carbocycles. The Morgan fingerprint density at radius 2 is 2.09 bits per heavy atom. The maximum atomic E-state index is 6.06. The van der Waals surface area contributed by atoms with Crippen molar-refractivity contribution in [3.63, 3.8) is 0 Å². The predicted molar refractivity (Wildman–Crippen MR) is 43.4 cm³/mol. The van der Waals surface area contributed by atoms with Gasteiger partial charge in [-0.25, -0.2) is 0 Å². The van der Waals surface area contributed by atoms with Gasteiger partial charge < -0.3 is 10.5 Å². The van der Waals surface area contributed by atoms with Crippen molar-refractivity contribution < 1.29 is 4.74 Å². The Balaban J connectivity index is 2.14. The molecule has 0 radical (unpaired) electrons. The number of hydrogen-bond acceptors (Lipinski definition) is 3. The molecule has 2 aliphatic rings. The number of hydrogen-bond donors (Lipinski definition) is 1. The van der Waals surface area contributed by atoms with Gasteiger partial charge in [0.2, 0.25) is 0 Å². The molecule has 1 atom stereocenters. The maximum Gasteiger partial charge on any atom is 0.0694 e. The molecule has 11 heavy (non-hydrogen) atoms. The molecule has 0 aromatic rings. The fourth-order valence-corrected chi connectivity index (χ4v) is 2.31. The minimum absolute atomic E-state index is 0.00146. The Bertz CT molecular complexity index is 175. The lowest BCUT2D eigenvalue weighted by molar-refractivity contribution is -0.115. The van der Waals surface area contributed by atoms with Gasteiger partial charge in [-0.1, -0.05) is 0 Å². The molecule has 64 valence electrons. The van der Waals surface area contributed by atoms with E-state index in [9.17, 15) is 0 Å². The monoisotopic (exact) mass is 156 g/mol. The molecule has 0 bridgehead atoms. The lowest BCUT2D eigenvalue weighted by Gasteiger charge is -2.43. The largest absolute Gasteiger partial charge is 0.377 e. The molecule has 2 aliphatic heterocycles. The van der Waals surface area contributed by atoms with Crippen LogP contribution in [0.5, 0.6) is 0 Å². The van der Waals surface area contributed by atoms with Gasteiger partial charge >= 0.3 is 0 Å². The Morgan fingerprint density at radius 1 is 1.45 bits per heavy atom. The van der Waals surface area contributed by atoms with E-state index in [0.29, 0.717) is 5.54 Å². The number of likely N-dealkylation sites (N-methyl/N-ethyl adjacent to an activating group) is 1. The molecule has 2 N–H and O–H groups in total. The summed E-state index contributed by atoms with van der Waals surface area (Å²) in [6.07, 6.45) is 1.08. The fourth-order valence-electron chi connectivity index (χ4n) is 2.31. The maximum absolute atomic E-state index is 6.06. The summed E-state index contributed by atoms with van der Waals surface area (Å²) in [6.45, 7) is 4.86. The standard InChI is InChI=1S/C8H16N2O/c1-7(9)3-8(5-11-6-8)10(2)4-7/h3-6,9H2,1-2H3. The second-order valence-electron chi connectivity index (χ2n) is 4.40. The number of nitrogens with zero attached hydrogens (tertiary/aromatic N) is 1. The average molecular weight is 156 g/mol. The van der Waals surface area contributed by atoms with Crippen LogP contribution in [0.2, 0.25) is 0 Å². The number of likely N-dealkylation sites (tertiary alicyclic amines) is 1. The van der Waals surface area contributed by atoms with Gasteiger partial charge in [0.1, 0.15) is 0 Å². The zero-order valence-electron chi connectivity index (χ0n) is 7.26. The van der Waals surface area contributed by atoms with Crippen molar-refractivity contribution in [1.29, 1.82) is 0 Å². The Kier molecular flexibility index (Phi) is 1.35. The SMILES string of the molecule is CN1CC(C)(N)CC12COC2. The number of nitrogens with two attached hydrogens (primary N) is 1. The van der Waals surface area contributed by atoms with Crippen LogP contribution in [-0.4, -0.2) is 42.8 Å². The van der Waals surface area contributed by atoms with Gasteiger partial charge in [-0.2, -0.15) is 0 Å². The van der Waals surface area contributed by atoms with E-state index < -0.39 is 0 Å². The summed E-state index contributed by atoms with van der Waals surface area (Å²) < 4.78 is 5.23. The Hall–Kier alpha value is -0.120. The first-order chi connectivity index (χ1) is 5.04. The highest BCUT2D eigenvalue weighted by atomic mass is 16.5. The van der Waals surface area contributed by atoms with Crippen LogP contribution >= 0.6 is 0 Å². The highest BCUT2D eigenvalue weighted by Gasteiger charge is 2.52. The molecule has 0 amide bonds. The van der Waals surface area contributed by atoms with Crippen molar-refractivity contribution in [2.75, 3.05) is 26.8 Å². The summed E-state index contributed by atoms with van der Waals surface area (Å²) in [7, 11) is 2.14. The molecule has 2 heterocycles. The normalized spacial score (nSPS) is 42.8. The molecule has 2 rings (SSSR count). The molecule has 2 saturated heterocycles. The molecule has 1 unspecified atom stereocenters. The third-order valence-corrected chi connectivity index (χ3v) is 2.88. The van der Waals surface area contributed by atoms with Gasteiger partial charge in [-0.05, 0) is 20.4 Å². The molecule has 0 aromatic carbocycles. The van der Waals surface area contributed by atoms with Crippen LogP contribution in [0.1, 0.15) is 13.3 Å². The molecule has 3 nitrogen and oxygen atoms in total. The Labute approximate surface area is 67.5 Å². The quantitative estimate of drug-likeness (QED) is 0.528. The van der Waals surface area contributed by atoms with Crippen LogP contribution in [0, 0.1) is 0 Å². The van der Waals surface area contributed by atoms with Crippen LogP contribution in [0.3, 0.4) is 0 Å². The molecular formula is C8H16N2O. The van der Waals surface area contributed by atoms with E-state index in [2.05, 4.69) is 18.9 Å². The highest BCUT2D eigenvalue weighted by molar-refractivity contribution is 5.09. The third-order valence-electron chi connectivity index (χ3n) is 2.88. The van der Waals surface area contributed by atoms with E-state index in [1.54, 1.807) is 0 Å². The van der Waals surface area contributed by atoms with Crippen molar-refractivity contribution in [3.8, 4) is 0 Å². The summed E-state index contributed by atoms with van der Waals surface area (Å²) in [5, 5.41) is 0. The van der Waals surface area contributed by atoms with E-state index in [-0.39, 0.29) is 5.54 Å². The van der Waals surface area contributed by atoms with Gasteiger partial charge in [0.15, 0.2) is 0 Å². The van der Waals surface area contributed by atoms with Crippen molar-refractivity contribution >= 4 is 0 Å². The first-order valence-corrected chi connectivity index (χ1v) is 4.12. The van der Waals surface area contributed by atoms with E-state index in [1.165, 1.54) is 0 Å². The van der Waals surface area contributed by atoms with Gasteiger partial charge in [-0.3, -0.25) is 4.90 Å². The summed E-state index contributed by atoms with van der Waals surface area (Å²) >= 11 is 0. The molecule has 0 saturated carbocycles. The summed E-state index contributed by atoms with van der Waals surface area (Å²) in [6, 6.07) is 0. The van der Waals surface area contributed by atoms with Crippen LogP contribution in [0.4, 0.5) is 0 Å². The van der Waals surface area contributed by atoms with Crippen molar-refractivity contribution in [1.82, 2.24) is 4.90 Å². The van der Waals surface area contributed by atoms with Crippen molar-refractivity contribution in [3.05, 3.63) is 0 Å². The van der Waals surface area contributed by atoms with E-state index in [1.807, 2.05) is 0 Å². The van der Waals surface area contributed by atoms with Gasteiger partial charge in [0, 0.05) is 12.1 Å². The summed E-state index contributed by atoms with van der Waals surface area (Å²) in [5.41, 5.74) is 6.35. The lowest BCUT2D eigenvalue weighted by atomic mass is 9.88. The van der Waals surface area contributed by atoms with Crippen LogP contribution in [0.25, 0.3) is 0 Å². The van der Waals surface area contributed by atoms with E-state index in [4.69, 9.17) is 10.5 Å². The molecular weight excluding hydrogens is 140 g/mol.